The van der Waals surface area contributed by atoms with Crippen molar-refractivity contribution in [3.8, 4) is 0 Å². The van der Waals surface area contributed by atoms with E-state index in [-0.39, 0.29) is 17.7 Å². The normalized spacial score (nSPS) is 18.4. The molecule has 1 fully saturated rings. The van der Waals surface area contributed by atoms with Gasteiger partial charge >= 0.3 is 0 Å². The molecule has 1 aliphatic rings. The Bertz CT molecular complexity index is 476. The Labute approximate surface area is 125 Å². The van der Waals surface area contributed by atoms with Crippen molar-refractivity contribution in [1.29, 1.82) is 0 Å². The zero-order valence-corrected chi connectivity index (χ0v) is 12.5. The number of carbonyl (C=O) groups is 2. The Kier molecular flexibility index (Phi) is 5.75. The lowest BCUT2D eigenvalue weighted by atomic mass is 10.1. The van der Waals surface area contributed by atoms with Gasteiger partial charge in [-0.2, -0.15) is 0 Å². The number of rotatable bonds is 6. The molecule has 0 aromatic heterocycles. The first kappa shape index (κ1) is 15.5. The van der Waals surface area contributed by atoms with Crippen LogP contribution in [0.25, 0.3) is 0 Å². The highest BCUT2D eigenvalue weighted by Crippen LogP contribution is 2.18. The number of likely N-dealkylation sites (tertiary alicyclic amines) is 1. The molecule has 2 amide bonds. The van der Waals surface area contributed by atoms with Crippen molar-refractivity contribution in [3.05, 3.63) is 35.9 Å². The first-order chi connectivity index (χ1) is 10.1. The maximum absolute atomic E-state index is 12.0. The van der Waals surface area contributed by atoms with Crippen molar-refractivity contribution in [3.63, 3.8) is 0 Å². The highest BCUT2D eigenvalue weighted by atomic mass is 16.2. The predicted octanol–water partition coefficient (Wildman–Crippen LogP) is 0.761. The second-order valence-electron chi connectivity index (χ2n) is 5.48. The fraction of sp³-hybridized carbons (Fsp3) is 0.500. The summed E-state index contributed by atoms with van der Waals surface area (Å²) in [5.74, 6) is 0.0844. The van der Waals surface area contributed by atoms with E-state index in [0.717, 1.165) is 26.1 Å². The summed E-state index contributed by atoms with van der Waals surface area (Å²) in [6.07, 6.45) is 0.902. The zero-order chi connectivity index (χ0) is 15.1. The van der Waals surface area contributed by atoms with Crippen LogP contribution in [-0.2, 0) is 16.1 Å². The van der Waals surface area contributed by atoms with E-state index in [9.17, 15) is 9.59 Å². The summed E-state index contributed by atoms with van der Waals surface area (Å²) < 4.78 is 0. The first-order valence-corrected chi connectivity index (χ1v) is 7.43. The van der Waals surface area contributed by atoms with E-state index < -0.39 is 0 Å². The van der Waals surface area contributed by atoms with Gasteiger partial charge in [0.15, 0.2) is 0 Å². The molecular formula is C16H23N3O2. The fourth-order valence-corrected chi connectivity index (χ4v) is 2.60. The number of carbonyl (C=O) groups excluding carboxylic acids is 2. The summed E-state index contributed by atoms with van der Waals surface area (Å²) in [6, 6.07) is 10.3. The van der Waals surface area contributed by atoms with Crippen LogP contribution in [0.5, 0.6) is 0 Å². The van der Waals surface area contributed by atoms with Crippen molar-refractivity contribution in [1.82, 2.24) is 15.5 Å². The molecule has 1 saturated heterocycles. The Hall–Kier alpha value is -1.88. The third kappa shape index (κ3) is 5.19. The molecule has 21 heavy (non-hydrogen) atoms. The van der Waals surface area contributed by atoms with Crippen molar-refractivity contribution in [2.45, 2.75) is 19.9 Å². The van der Waals surface area contributed by atoms with Crippen LogP contribution in [0.2, 0.25) is 0 Å². The smallest absolute Gasteiger partial charge is 0.224 e. The largest absolute Gasteiger partial charge is 0.355 e. The molecule has 0 radical (unpaired) electrons. The van der Waals surface area contributed by atoms with Gasteiger partial charge in [-0.25, -0.2) is 0 Å². The van der Waals surface area contributed by atoms with Crippen LogP contribution < -0.4 is 10.6 Å². The molecule has 5 heteroatoms. The number of hydrogen-bond acceptors (Lipinski definition) is 3. The number of nitrogens with one attached hydrogen (secondary N) is 2. The number of amides is 2. The molecule has 1 aromatic rings. The average molecular weight is 289 g/mol. The Balaban J connectivity index is 1.69. The molecule has 0 aliphatic carbocycles. The Morgan fingerprint density at radius 2 is 1.90 bits per heavy atom. The highest BCUT2D eigenvalue weighted by molar-refractivity contribution is 5.79. The van der Waals surface area contributed by atoms with Gasteiger partial charge in [0.25, 0.3) is 0 Å². The van der Waals surface area contributed by atoms with Crippen LogP contribution in [0.4, 0.5) is 0 Å². The minimum absolute atomic E-state index is 0.0611. The van der Waals surface area contributed by atoms with Crippen LogP contribution in [0.15, 0.2) is 30.3 Å². The number of benzene rings is 1. The highest BCUT2D eigenvalue weighted by Gasteiger charge is 2.27. The van der Waals surface area contributed by atoms with Gasteiger partial charge < -0.3 is 10.6 Å². The van der Waals surface area contributed by atoms with Gasteiger partial charge in [-0.05, 0) is 18.5 Å². The van der Waals surface area contributed by atoms with E-state index in [2.05, 4.69) is 27.7 Å². The van der Waals surface area contributed by atoms with Crippen molar-refractivity contribution in [2.75, 3.05) is 26.2 Å². The van der Waals surface area contributed by atoms with Crippen LogP contribution in [0.1, 0.15) is 18.9 Å². The second kappa shape index (κ2) is 7.78. The summed E-state index contributed by atoms with van der Waals surface area (Å²) in [6.45, 7) is 5.12. The topological polar surface area (TPSA) is 61.4 Å². The molecule has 114 valence electrons. The monoisotopic (exact) mass is 289 g/mol. The molecule has 0 spiro atoms. The van der Waals surface area contributed by atoms with Gasteiger partial charge in [-0.3, -0.25) is 14.5 Å². The summed E-state index contributed by atoms with van der Waals surface area (Å²) in [5.41, 5.74) is 1.28. The fourth-order valence-electron chi connectivity index (χ4n) is 2.60. The van der Waals surface area contributed by atoms with Crippen LogP contribution in [-0.4, -0.2) is 42.9 Å². The van der Waals surface area contributed by atoms with Crippen molar-refractivity contribution in [2.24, 2.45) is 5.92 Å². The Morgan fingerprint density at radius 1 is 1.19 bits per heavy atom. The molecule has 2 rings (SSSR count). The molecule has 1 heterocycles. The minimum atomic E-state index is -0.0702. The van der Waals surface area contributed by atoms with Crippen LogP contribution >= 0.6 is 0 Å². The van der Waals surface area contributed by atoms with Crippen LogP contribution in [0, 0.1) is 5.92 Å². The van der Waals surface area contributed by atoms with E-state index >= 15 is 0 Å². The van der Waals surface area contributed by atoms with Gasteiger partial charge in [0.05, 0.1) is 5.92 Å². The summed E-state index contributed by atoms with van der Waals surface area (Å²) >= 11 is 0. The van der Waals surface area contributed by atoms with Gasteiger partial charge in [-0.15, -0.1) is 0 Å². The molecule has 1 unspecified atom stereocenters. The van der Waals surface area contributed by atoms with E-state index in [0.29, 0.717) is 13.1 Å². The molecule has 2 N–H and O–H groups in total. The molecule has 0 saturated carbocycles. The number of nitrogens with zero attached hydrogens (tertiary/aromatic N) is 1. The van der Waals surface area contributed by atoms with E-state index in [1.54, 1.807) is 0 Å². The van der Waals surface area contributed by atoms with Crippen molar-refractivity contribution < 1.29 is 9.59 Å². The molecule has 1 aromatic carbocycles. The first-order valence-electron chi connectivity index (χ1n) is 7.43. The van der Waals surface area contributed by atoms with Crippen molar-refractivity contribution >= 4 is 11.8 Å². The van der Waals surface area contributed by atoms with E-state index in [1.807, 2.05) is 18.2 Å². The molecule has 1 atom stereocenters. The predicted molar refractivity (Wildman–Crippen MR) is 81.5 cm³/mol. The maximum Gasteiger partial charge on any atom is 0.224 e. The molecule has 1 aliphatic heterocycles. The van der Waals surface area contributed by atoms with Gasteiger partial charge in [0, 0.05) is 33.1 Å². The lowest BCUT2D eigenvalue weighted by Gasteiger charge is -2.16. The Morgan fingerprint density at radius 3 is 2.62 bits per heavy atom. The SMILES string of the molecule is CC(=O)NCCNC(=O)C1CCN(Cc2ccccc2)C1. The maximum atomic E-state index is 12.0. The van der Waals surface area contributed by atoms with E-state index in [4.69, 9.17) is 0 Å². The molecule has 5 nitrogen and oxygen atoms in total. The number of hydrogen-bond donors (Lipinski definition) is 2. The zero-order valence-electron chi connectivity index (χ0n) is 12.5. The second-order valence-corrected chi connectivity index (χ2v) is 5.48. The minimum Gasteiger partial charge on any atom is -0.355 e. The van der Waals surface area contributed by atoms with Gasteiger partial charge in [-0.1, -0.05) is 30.3 Å². The molecular weight excluding hydrogens is 266 g/mol. The summed E-state index contributed by atoms with van der Waals surface area (Å²) in [4.78, 5) is 25.1. The van der Waals surface area contributed by atoms with Gasteiger partial charge in [0.1, 0.15) is 0 Å². The summed E-state index contributed by atoms with van der Waals surface area (Å²) in [5, 5.41) is 5.55. The lowest BCUT2D eigenvalue weighted by Crippen LogP contribution is -2.37. The summed E-state index contributed by atoms with van der Waals surface area (Å²) in [7, 11) is 0. The average Bonchev–Trinajstić information content (AvgIpc) is 2.93. The van der Waals surface area contributed by atoms with E-state index in [1.165, 1.54) is 12.5 Å². The standard InChI is InChI=1S/C16H23N3O2/c1-13(20)17-8-9-18-16(21)15-7-10-19(12-15)11-14-5-3-2-4-6-14/h2-6,15H,7-12H2,1H3,(H,17,20)(H,18,21). The van der Waals surface area contributed by atoms with Crippen LogP contribution in [0.3, 0.4) is 0 Å². The quantitative estimate of drug-likeness (QED) is 0.760. The molecule has 0 bridgehead atoms. The lowest BCUT2D eigenvalue weighted by molar-refractivity contribution is -0.125. The van der Waals surface area contributed by atoms with Gasteiger partial charge in [0.2, 0.25) is 11.8 Å². The third-order valence-electron chi connectivity index (χ3n) is 3.69. The third-order valence-corrected chi connectivity index (χ3v) is 3.69.